The molecule has 4 nitrogen and oxygen atoms in total. The Balaban J connectivity index is 1.88. The summed E-state index contributed by atoms with van der Waals surface area (Å²) in [4.78, 5) is 16.2. The lowest BCUT2D eigenvalue weighted by Crippen LogP contribution is -2.26. The van der Waals surface area contributed by atoms with Gasteiger partial charge in [0.15, 0.2) is 0 Å². The summed E-state index contributed by atoms with van der Waals surface area (Å²) in [5.74, 6) is 2.12. The van der Waals surface area contributed by atoms with Crippen LogP contribution in [0.15, 0.2) is 18.2 Å². The van der Waals surface area contributed by atoms with E-state index in [9.17, 15) is 4.79 Å². The Kier molecular flexibility index (Phi) is 4.18. The molecule has 0 bridgehead atoms. The zero-order valence-electron chi connectivity index (χ0n) is 11.1. The fourth-order valence-electron chi connectivity index (χ4n) is 1.91. The van der Waals surface area contributed by atoms with Crippen LogP contribution in [0.1, 0.15) is 37.2 Å². The number of carbonyl (C=O) groups is 1. The molecule has 98 valence electrons. The van der Waals surface area contributed by atoms with E-state index in [-0.39, 0.29) is 5.91 Å². The quantitative estimate of drug-likeness (QED) is 0.811. The van der Waals surface area contributed by atoms with Gasteiger partial charge < -0.3 is 10.6 Å². The van der Waals surface area contributed by atoms with Gasteiger partial charge in [0.05, 0.1) is 0 Å². The van der Waals surface area contributed by atoms with Gasteiger partial charge >= 0.3 is 0 Å². The molecule has 1 aromatic heterocycles. The molecule has 2 N–H and O–H groups in total. The fourth-order valence-corrected chi connectivity index (χ4v) is 1.91. The van der Waals surface area contributed by atoms with Crippen LogP contribution >= 0.6 is 0 Å². The lowest BCUT2D eigenvalue weighted by Gasteiger charge is -2.07. The van der Waals surface area contributed by atoms with Gasteiger partial charge in [-0.1, -0.05) is 19.9 Å². The van der Waals surface area contributed by atoms with E-state index in [1.807, 2.05) is 12.1 Å². The molecule has 1 aliphatic rings. The maximum absolute atomic E-state index is 11.9. The second kappa shape index (κ2) is 5.85. The number of hydrogen-bond donors (Lipinski definition) is 2. The molecule has 1 fully saturated rings. The summed E-state index contributed by atoms with van der Waals surface area (Å²) >= 11 is 0. The molecule has 4 heteroatoms. The molecule has 1 aromatic rings. The second-order valence-electron chi connectivity index (χ2n) is 5.02. The lowest BCUT2D eigenvalue weighted by atomic mass is 10.3. The van der Waals surface area contributed by atoms with Crippen molar-refractivity contribution < 1.29 is 4.79 Å². The van der Waals surface area contributed by atoms with Crippen molar-refractivity contribution in [2.45, 2.75) is 26.7 Å². The molecular weight excluding hydrogens is 226 g/mol. The molecule has 0 aliphatic heterocycles. The van der Waals surface area contributed by atoms with Gasteiger partial charge in [0.1, 0.15) is 11.5 Å². The number of pyridine rings is 1. The summed E-state index contributed by atoms with van der Waals surface area (Å²) in [6, 6.07) is 5.50. The highest BCUT2D eigenvalue weighted by Gasteiger charge is 2.32. The van der Waals surface area contributed by atoms with E-state index in [2.05, 4.69) is 29.5 Å². The van der Waals surface area contributed by atoms with Gasteiger partial charge in [-0.3, -0.25) is 4.79 Å². The van der Waals surface area contributed by atoms with E-state index in [1.165, 1.54) is 6.42 Å². The fraction of sp³-hybridized carbons (Fsp3) is 0.571. The van der Waals surface area contributed by atoms with Crippen molar-refractivity contribution in [3.63, 3.8) is 0 Å². The number of aromatic nitrogens is 1. The Morgan fingerprint density at radius 2 is 2.28 bits per heavy atom. The molecule has 0 spiro atoms. The number of carbonyl (C=O) groups excluding carboxylic acids is 1. The smallest absolute Gasteiger partial charge is 0.269 e. The second-order valence-corrected chi connectivity index (χ2v) is 5.02. The largest absolute Gasteiger partial charge is 0.370 e. The summed E-state index contributed by atoms with van der Waals surface area (Å²) in [5.41, 5.74) is 0.490. The Morgan fingerprint density at radius 1 is 1.50 bits per heavy atom. The molecule has 18 heavy (non-hydrogen) atoms. The number of amides is 1. The standard InChI is InChI=1S/C14H21N3O/c1-3-7-15-13-6-4-5-12(17-13)14(18)16-9-11-8-10(11)2/h4-6,10-11H,3,7-9H2,1-2H3,(H,15,17)(H,16,18). The van der Waals surface area contributed by atoms with Gasteiger partial charge in [-0.2, -0.15) is 0 Å². The molecule has 0 aromatic carbocycles. The van der Waals surface area contributed by atoms with Crippen LogP contribution < -0.4 is 10.6 Å². The molecule has 2 unspecified atom stereocenters. The maximum atomic E-state index is 11.9. The Bertz CT molecular complexity index is 419. The minimum absolute atomic E-state index is 0.0748. The summed E-state index contributed by atoms with van der Waals surface area (Å²) in [6.07, 6.45) is 2.27. The average molecular weight is 247 g/mol. The van der Waals surface area contributed by atoms with E-state index in [0.29, 0.717) is 11.6 Å². The van der Waals surface area contributed by atoms with E-state index in [4.69, 9.17) is 0 Å². The first-order chi connectivity index (χ1) is 8.70. The lowest BCUT2D eigenvalue weighted by molar-refractivity contribution is 0.0946. The van der Waals surface area contributed by atoms with Crippen LogP contribution in [0.25, 0.3) is 0 Å². The predicted molar refractivity (Wildman–Crippen MR) is 72.6 cm³/mol. The third-order valence-corrected chi connectivity index (χ3v) is 3.34. The molecule has 2 rings (SSSR count). The molecule has 1 aliphatic carbocycles. The van der Waals surface area contributed by atoms with Gasteiger partial charge in [-0.25, -0.2) is 4.98 Å². The van der Waals surface area contributed by atoms with Crippen LogP contribution in [-0.2, 0) is 0 Å². The van der Waals surface area contributed by atoms with Crippen molar-refractivity contribution in [1.82, 2.24) is 10.3 Å². The number of nitrogens with zero attached hydrogens (tertiary/aromatic N) is 1. The molecule has 0 saturated heterocycles. The first-order valence-electron chi connectivity index (χ1n) is 6.69. The van der Waals surface area contributed by atoms with Crippen LogP contribution in [0.5, 0.6) is 0 Å². The summed E-state index contributed by atoms with van der Waals surface area (Å²) in [7, 11) is 0. The van der Waals surface area contributed by atoms with Gasteiger partial charge in [0.25, 0.3) is 5.91 Å². The van der Waals surface area contributed by atoms with Crippen molar-refractivity contribution >= 4 is 11.7 Å². The molecule has 1 amide bonds. The minimum atomic E-state index is -0.0748. The van der Waals surface area contributed by atoms with Crippen molar-refractivity contribution in [2.75, 3.05) is 18.4 Å². The molecule has 1 saturated carbocycles. The van der Waals surface area contributed by atoms with Crippen molar-refractivity contribution in [3.8, 4) is 0 Å². The average Bonchev–Trinajstić information content (AvgIpc) is 3.10. The highest BCUT2D eigenvalue weighted by molar-refractivity contribution is 5.92. The van der Waals surface area contributed by atoms with Crippen LogP contribution in [0.4, 0.5) is 5.82 Å². The van der Waals surface area contributed by atoms with E-state index in [0.717, 1.165) is 31.2 Å². The van der Waals surface area contributed by atoms with Crippen molar-refractivity contribution in [3.05, 3.63) is 23.9 Å². The topological polar surface area (TPSA) is 54.0 Å². The van der Waals surface area contributed by atoms with Crippen LogP contribution in [0.3, 0.4) is 0 Å². The predicted octanol–water partition coefficient (Wildman–Crippen LogP) is 2.29. The first kappa shape index (κ1) is 12.9. The van der Waals surface area contributed by atoms with Crippen LogP contribution in [0, 0.1) is 11.8 Å². The maximum Gasteiger partial charge on any atom is 0.269 e. The van der Waals surface area contributed by atoms with Gasteiger partial charge in [-0.15, -0.1) is 0 Å². The van der Waals surface area contributed by atoms with Crippen molar-refractivity contribution in [1.29, 1.82) is 0 Å². The van der Waals surface area contributed by atoms with E-state index >= 15 is 0 Å². The normalized spacial score (nSPS) is 21.4. The third-order valence-electron chi connectivity index (χ3n) is 3.34. The Morgan fingerprint density at radius 3 is 2.94 bits per heavy atom. The zero-order chi connectivity index (χ0) is 13.0. The van der Waals surface area contributed by atoms with Gasteiger partial charge in [0.2, 0.25) is 0 Å². The first-order valence-corrected chi connectivity index (χ1v) is 6.69. The van der Waals surface area contributed by atoms with Gasteiger partial charge in [0, 0.05) is 13.1 Å². The van der Waals surface area contributed by atoms with Crippen molar-refractivity contribution in [2.24, 2.45) is 11.8 Å². The SMILES string of the molecule is CCCNc1cccc(C(=O)NCC2CC2C)n1. The Labute approximate surface area is 108 Å². The zero-order valence-corrected chi connectivity index (χ0v) is 11.1. The van der Waals surface area contributed by atoms with Gasteiger partial charge in [-0.05, 0) is 36.8 Å². The molecule has 2 atom stereocenters. The highest BCUT2D eigenvalue weighted by atomic mass is 16.1. The summed E-state index contributed by atoms with van der Waals surface area (Å²) in [5, 5.41) is 6.13. The van der Waals surface area contributed by atoms with Crippen LogP contribution in [-0.4, -0.2) is 24.0 Å². The monoisotopic (exact) mass is 247 g/mol. The highest BCUT2D eigenvalue weighted by Crippen LogP contribution is 2.36. The Hall–Kier alpha value is -1.58. The number of nitrogens with one attached hydrogen (secondary N) is 2. The summed E-state index contributed by atoms with van der Waals surface area (Å²) < 4.78 is 0. The number of rotatable bonds is 6. The molecular formula is C14H21N3O. The van der Waals surface area contributed by atoms with E-state index in [1.54, 1.807) is 6.07 Å². The van der Waals surface area contributed by atoms with E-state index < -0.39 is 0 Å². The van der Waals surface area contributed by atoms with Crippen LogP contribution in [0.2, 0.25) is 0 Å². The molecule has 1 heterocycles. The number of anilines is 1. The minimum Gasteiger partial charge on any atom is -0.370 e. The molecule has 0 radical (unpaired) electrons. The number of hydrogen-bond acceptors (Lipinski definition) is 3. The third kappa shape index (κ3) is 3.45. The summed E-state index contributed by atoms with van der Waals surface area (Å²) in [6.45, 7) is 5.96.